The summed E-state index contributed by atoms with van der Waals surface area (Å²) in [6.45, 7) is 6.06. The molecule has 33 heavy (non-hydrogen) atoms. The van der Waals surface area contributed by atoms with Gasteiger partial charge in [0.2, 0.25) is 21.8 Å². The van der Waals surface area contributed by atoms with Crippen LogP contribution in [0.25, 0.3) is 0 Å². The number of halogens is 1. The van der Waals surface area contributed by atoms with Gasteiger partial charge in [-0.2, -0.15) is 4.31 Å². The van der Waals surface area contributed by atoms with Gasteiger partial charge in [-0.15, -0.1) is 0 Å². The molecule has 0 saturated heterocycles. The molecule has 0 radical (unpaired) electrons. The Kier molecular flexibility index (Phi) is 9.46. The quantitative estimate of drug-likeness (QED) is 0.514. The van der Waals surface area contributed by atoms with Gasteiger partial charge in [0.1, 0.15) is 6.04 Å². The van der Waals surface area contributed by atoms with Crippen LogP contribution < -0.4 is 5.73 Å². The second-order valence-corrected chi connectivity index (χ2v) is 10.8. The van der Waals surface area contributed by atoms with Gasteiger partial charge < -0.3 is 10.6 Å². The van der Waals surface area contributed by atoms with Gasteiger partial charge in [0, 0.05) is 31.6 Å². The van der Waals surface area contributed by atoms with E-state index >= 15 is 0 Å². The fourth-order valence-corrected chi connectivity index (χ4v) is 5.21. The third-order valence-corrected chi connectivity index (χ3v) is 7.42. The average molecular weight is 494 g/mol. The van der Waals surface area contributed by atoms with E-state index in [1.54, 1.807) is 24.1 Å². The predicted molar refractivity (Wildman–Crippen MR) is 130 cm³/mol. The summed E-state index contributed by atoms with van der Waals surface area (Å²) in [6.07, 6.45) is 0.723. The second-order valence-electron chi connectivity index (χ2n) is 8.47. The average Bonchev–Trinajstić information content (AvgIpc) is 2.76. The Labute approximate surface area is 201 Å². The number of nitrogens with two attached hydrogens (primary N) is 1. The zero-order valence-electron chi connectivity index (χ0n) is 19.5. The van der Waals surface area contributed by atoms with Crippen LogP contribution in [0.2, 0.25) is 5.02 Å². The maximum atomic E-state index is 13.5. The summed E-state index contributed by atoms with van der Waals surface area (Å²) >= 11 is 5.93. The fraction of sp³-hybridized carbons (Fsp3) is 0.417. The first-order chi connectivity index (χ1) is 15.4. The molecule has 0 saturated carbocycles. The first-order valence-corrected chi connectivity index (χ1v) is 12.7. The third-order valence-electron chi connectivity index (χ3n) is 5.30. The van der Waals surface area contributed by atoms with E-state index in [1.165, 1.54) is 28.6 Å². The Bertz CT molecular complexity index is 1050. The van der Waals surface area contributed by atoms with Crippen LogP contribution in [0.4, 0.5) is 0 Å². The highest BCUT2D eigenvalue weighted by Gasteiger charge is 2.35. The van der Waals surface area contributed by atoms with Crippen LogP contribution in [-0.4, -0.2) is 42.5 Å². The lowest BCUT2D eigenvalue weighted by molar-refractivity contribution is -0.130. The molecule has 0 heterocycles. The number of amides is 2. The molecule has 0 fully saturated rings. The number of benzene rings is 2. The second kappa shape index (κ2) is 11.6. The molecule has 0 aliphatic heterocycles. The summed E-state index contributed by atoms with van der Waals surface area (Å²) in [6, 6.07) is 12.1. The molecule has 0 aromatic heterocycles. The molecule has 7 nitrogen and oxygen atoms in total. The van der Waals surface area contributed by atoms with E-state index in [-0.39, 0.29) is 23.3 Å². The minimum absolute atomic E-state index is 0.0186. The Hall–Kier alpha value is -2.42. The zero-order valence-corrected chi connectivity index (χ0v) is 21.1. The van der Waals surface area contributed by atoms with Crippen molar-refractivity contribution in [3.63, 3.8) is 0 Å². The van der Waals surface area contributed by atoms with Crippen molar-refractivity contribution >= 4 is 33.4 Å². The molecule has 2 rings (SSSR count). The number of rotatable bonds is 11. The van der Waals surface area contributed by atoms with Gasteiger partial charge in [0.15, 0.2) is 0 Å². The Morgan fingerprint density at radius 2 is 1.48 bits per heavy atom. The van der Waals surface area contributed by atoms with Crippen molar-refractivity contribution in [3.8, 4) is 0 Å². The van der Waals surface area contributed by atoms with E-state index in [0.717, 1.165) is 5.56 Å². The van der Waals surface area contributed by atoms with Crippen LogP contribution in [0.3, 0.4) is 0 Å². The number of primary amides is 1. The van der Waals surface area contributed by atoms with Gasteiger partial charge in [0.25, 0.3) is 0 Å². The monoisotopic (exact) mass is 493 g/mol. The largest absolute Gasteiger partial charge is 0.368 e. The molecule has 2 aromatic rings. The van der Waals surface area contributed by atoms with E-state index in [0.29, 0.717) is 30.0 Å². The molecular formula is C24H32ClN3O4S. The number of carbonyl (C=O) groups is 2. The summed E-state index contributed by atoms with van der Waals surface area (Å²) in [4.78, 5) is 25.8. The molecule has 0 unspecified atom stereocenters. The van der Waals surface area contributed by atoms with Crippen LogP contribution in [0, 0.1) is 5.92 Å². The lowest BCUT2D eigenvalue weighted by Gasteiger charge is -2.30. The molecule has 1 atom stereocenters. The van der Waals surface area contributed by atoms with Gasteiger partial charge in [-0.25, -0.2) is 8.42 Å². The van der Waals surface area contributed by atoms with E-state index in [1.807, 2.05) is 32.9 Å². The fourth-order valence-electron chi connectivity index (χ4n) is 3.49. The van der Waals surface area contributed by atoms with Crippen molar-refractivity contribution in [3.05, 3.63) is 64.7 Å². The van der Waals surface area contributed by atoms with Crippen molar-refractivity contribution in [1.82, 2.24) is 9.21 Å². The molecule has 2 N–H and O–H groups in total. The lowest BCUT2D eigenvalue weighted by atomic mass is 10.0. The number of hydrogen-bond donors (Lipinski definition) is 1. The van der Waals surface area contributed by atoms with Gasteiger partial charge in [-0.05, 0) is 47.7 Å². The van der Waals surface area contributed by atoms with Crippen LogP contribution >= 0.6 is 11.6 Å². The summed E-state index contributed by atoms with van der Waals surface area (Å²) in [7, 11) is -2.29. The van der Waals surface area contributed by atoms with Gasteiger partial charge in [0.05, 0.1) is 4.90 Å². The van der Waals surface area contributed by atoms with Crippen molar-refractivity contribution in [2.45, 2.75) is 57.6 Å². The standard InChI is InChI=1S/C24H32ClN3O4S/c1-5-23(29)27(4)15-18-6-8-19(9-7-18)16-28(22(24(26)30)14-17(2)3)33(31,32)21-12-10-20(25)11-13-21/h6-13,17,22H,5,14-16H2,1-4H3,(H2,26,30)/t22-/m1/s1. The summed E-state index contributed by atoms with van der Waals surface area (Å²) < 4.78 is 28.2. The van der Waals surface area contributed by atoms with Crippen molar-refractivity contribution in [2.24, 2.45) is 11.7 Å². The maximum absolute atomic E-state index is 13.5. The van der Waals surface area contributed by atoms with Crippen LogP contribution in [0.1, 0.15) is 44.7 Å². The highest BCUT2D eigenvalue weighted by Crippen LogP contribution is 2.26. The molecule has 0 aliphatic rings. The van der Waals surface area contributed by atoms with Crippen LogP contribution in [0.5, 0.6) is 0 Å². The molecule has 2 amide bonds. The van der Waals surface area contributed by atoms with Crippen LogP contribution in [-0.2, 0) is 32.7 Å². The third kappa shape index (κ3) is 7.28. The number of nitrogens with zero attached hydrogens (tertiary/aromatic N) is 2. The van der Waals surface area contributed by atoms with Crippen molar-refractivity contribution < 1.29 is 18.0 Å². The predicted octanol–water partition coefficient (Wildman–Crippen LogP) is 3.80. The van der Waals surface area contributed by atoms with E-state index in [2.05, 4.69) is 0 Å². The molecule has 9 heteroatoms. The number of sulfonamides is 1. The molecule has 0 spiro atoms. The Balaban J connectivity index is 2.39. The lowest BCUT2D eigenvalue weighted by Crippen LogP contribution is -2.48. The highest BCUT2D eigenvalue weighted by molar-refractivity contribution is 7.89. The van der Waals surface area contributed by atoms with Crippen molar-refractivity contribution in [2.75, 3.05) is 7.05 Å². The maximum Gasteiger partial charge on any atom is 0.244 e. The van der Waals surface area contributed by atoms with Gasteiger partial charge in [-0.1, -0.05) is 56.6 Å². The number of hydrogen-bond acceptors (Lipinski definition) is 4. The summed E-state index contributed by atoms with van der Waals surface area (Å²) in [5.41, 5.74) is 7.28. The first-order valence-electron chi connectivity index (χ1n) is 10.8. The molecule has 180 valence electrons. The topological polar surface area (TPSA) is 101 Å². The molecular weight excluding hydrogens is 462 g/mol. The normalized spacial score (nSPS) is 12.7. The number of carbonyl (C=O) groups excluding carboxylic acids is 2. The molecule has 0 aliphatic carbocycles. The molecule has 2 aromatic carbocycles. The zero-order chi connectivity index (χ0) is 24.8. The minimum atomic E-state index is -4.03. The minimum Gasteiger partial charge on any atom is -0.368 e. The first kappa shape index (κ1) is 26.8. The Morgan fingerprint density at radius 1 is 0.970 bits per heavy atom. The summed E-state index contributed by atoms with van der Waals surface area (Å²) in [5.74, 6) is -0.603. The van der Waals surface area contributed by atoms with Crippen LogP contribution in [0.15, 0.2) is 53.4 Å². The van der Waals surface area contributed by atoms with E-state index < -0.39 is 22.0 Å². The molecule has 0 bridgehead atoms. The smallest absolute Gasteiger partial charge is 0.244 e. The van der Waals surface area contributed by atoms with E-state index in [9.17, 15) is 18.0 Å². The van der Waals surface area contributed by atoms with E-state index in [4.69, 9.17) is 17.3 Å². The SMILES string of the molecule is CCC(=O)N(C)Cc1ccc(CN([C@H](CC(C)C)C(N)=O)S(=O)(=O)c2ccc(Cl)cc2)cc1. The van der Waals surface area contributed by atoms with Gasteiger partial charge in [-0.3, -0.25) is 9.59 Å². The Morgan fingerprint density at radius 3 is 1.94 bits per heavy atom. The summed E-state index contributed by atoms with van der Waals surface area (Å²) in [5, 5.41) is 0.413. The van der Waals surface area contributed by atoms with Gasteiger partial charge >= 0.3 is 0 Å². The highest BCUT2D eigenvalue weighted by atomic mass is 35.5. The van der Waals surface area contributed by atoms with Crippen molar-refractivity contribution in [1.29, 1.82) is 0 Å².